The SMILES string of the molecule is CCOC(=O)C[C@H](N)c1cccc(Cc2ccccc2C)c1. The van der Waals surface area contributed by atoms with Gasteiger partial charge in [0, 0.05) is 6.04 Å². The second kappa shape index (κ2) is 7.76. The van der Waals surface area contributed by atoms with Gasteiger partial charge in [-0.05, 0) is 42.5 Å². The molecule has 116 valence electrons. The molecule has 3 heteroatoms. The molecule has 0 aromatic heterocycles. The zero-order valence-corrected chi connectivity index (χ0v) is 13.2. The van der Waals surface area contributed by atoms with E-state index in [2.05, 4.69) is 37.3 Å². The van der Waals surface area contributed by atoms with Gasteiger partial charge in [-0.3, -0.25) is 4.79 Å². The predicted octanol–water partition coefficient (Wildman–Crippen LogP) is 3.54. The van der Waals surface area contributed by atoms with E-state index in [0.717, 1.165) is 12.0 Å². The van der Waals surface area contributed by atoms with E-state index in [0.29, 0.717) is 6.61 Å². The van der Waals surface area contributed by atoms with Crippen molar-refractivity contribution in [2.75, 3.05) is 6.61 Å². The van der Waals surface area contributed by atoms with Gasteiger partial charge < -0.3 is 10.5 Å². The Bertz CT molecular complexity index is 637. The maximum absolute atomic E-state index is 11.5. The maximum atomic E-state index is 11.5. The van der Waals surface area contributed by atoms with E-state index in [1.165, 1.54) is 16.7 Å². The first-order chi connectivity index (χ1) is 10.6. The van der Waals surface area contributed by atoms with E-state index < -0.39 is 0 Å². The number of carbonyl (C=O) groups is 1. The third kappa shape index (κ3) is 4.43. The summed E-state index contributed by atoms with van der Waals surface area (Å²) < 4.78 is 4.96. The first-order valence-corrected chi connectivity index (χ1v) is 7.64. The number of benzene rings is 2. The van der Waals surface area contributed by atoms with E-state index in [1.807, 2.05) is 18.2 Å². The van der Waals surface area contributed by atoms with Crippen molar-refractivity contribution < 1.29 is 9.53 Å². The molecule has 3 nitrogen and oxygen atoms in total. The summed E-state index contributed by atoms with van der Waals surface area (Å²) >= 11 is 0. The third-order valence-electron chi connectivity index (χ3n) is 3.73. The first-order valence-electron chi connectivity index (χ1n) is 7.64. The highest BCUT2D eigenvalue weighted by Gasteiger charge is 2.13. The third-order valence-corrected chi connectivity index (χ3v) is 3.73. The summed E-state index contributed by atoms with van der Waals surface area (Å²) in [5.74, 6) is -0.251. The van der Waals surface area contributed by atoms with Crippen LogP contribution in [0.3, 0.4) is 0 Å². The quantitative estimate of drug-likeness (QED) is 0.830. The summed E-state index contributed by atoms with van der Waals surface area (Å²) in [6.45, 7) is 4.30. The van der Waals surface area contributed by atoms with Crippen LogP contribution in [0.15, 0.2) is 48.5 Å². The van der Waals surface area contributed by atoms with Crippen LogP contribution in [0.1, 0.15) is 41.6 Å². The van der Waals surface area contributed by atoms with Gasteiger partial charge in [-0.25, -0.2) is 0 Å². The Morgan fingerprint density at radius 2 is 1.95 bits per heavy atom. The normalized spacial score (nSPS) is 12.0. The Labute approximate surface area is 132 Å². The lowest BCUT2D eigenvalue weighted by Gasteiger charge is -2.13. The van der Waals surface area contributed by atoms with Crippen LogP contribution in [0.4, 0.5) is 0 Å². The second-order valence-corrected chi connectivity index (χ2v) is 5.46. The number of hydrogen-bond acceptors (Lipinski definition) is 3. The topological polar surface area (TPSA) is 52.3 Å². The fraction of sp³-hybridized carbons (Fsp3) is 0.316. The van der Waals surface area contributed by atoms with E-state index in [9.17, 15) is 4.79 Å². The van der Waals surface area contributed by atoms with Gasteiger partial charge in [-0.15, -0.1) is 0 Å². The Morgan fingerprint density at radius 1 is 1.18 bits per heavy atom. The highest BCUT2D eigenvalue weighted by atomic mass is 16.5. The number of nitrogens with two attached hydrogens (primary N) is 1. The van der Waals surface area contributed by atoms with Crippen molar-refractivity contribution >= 4 is 5.97 Å². The van der Waals surface area contributed by atoms with E-state index in [-0.39, 0.29) is 18.4 Å². The Kier molecular flexibility index (Phi) is 5.73. The number of ether oxygens (including phenoxy) is 1. The second-order valence-electron chi connectivity index (χ2n) is 5.46. The van der Waals surface area contributed by atoms with Crippen molar-refractivity contribution in [3.63, 3.8) is 0 Å². The maximum Gasteiger partial charge on any atom is 0.307 e. The molecule has 2 aromatic rings. The van der Waals surface area contributed by atoms with E-state index in [4.69, 9.17) is 10.5 Å². The van der Waals surface area contributed by atoms with Gasteiger partial charge in [0.1, 0.15) is 0 Å². The fourth-order valence-electron chi connectivity index (χ4n) is 2.48. The van der Waals surface area contributed by atoms with Crippen molar-refractivity contribution in [2.45, 2.75) is 32.7 Å². The van der Waals surface area contributed by atoms with Crippen molar-refractivity contribution in [1.29, 1.82) is 0 Å². The van der Waals surface area contributed by atoms with E-state index >= 15 is 0 Å². The van der Waals surface area contributed by atoms with Crippen LogP contribution in [0, 0.1) is 6.92 Å². The molecule has 0 saturated carbocycles. The lowest BCUT2D eigenvalue weighted by molar-refractivity contribution is -0.143. The van der Waals surface area contributed by atoms with Gasteiger partial charge in [-0.2, -0.15) is 0 Å². The summed E-state index contributed by atoms with van der Waals surface area (Å²) in [4.78, 5) is 11.5. The minimum Gasteiger partial charge on any atom is -0.466 e. The Morgan fingerprint density at radius 3 is 2.68 bits per heavy atom. The highest BCUT2D eigenvalue weighted by Crippen LogP contribution is 2.19. The zero-order chi connectivity index (χ0) is 15.9. The molecular formula is C19H23NO2. The molecule has 22 heavy (non-hydrogen) atoms. The average Bonchev–Trinajstić information content (AvgIpc) is 2.50. The van der Waals surface area contributed by atoms with Gasteiger partial charge in [-0.1, -0.05) is 48.5 Å². The lowest BCUT2D eigenvalue weighted by atomic mass is 9.97. The minimum absolute atomic E-state index is 0.210. The lowest BCUT2D eigenvalue weighted by Crippen LogP contribution is -2.17. The van der Waals surface area contributed by atoms with Crippen LogP contribution in [0.25, 0.3) is 0 Å². The predicted molar refractivity (Wildman–Crippen MR) is 88.6 cm³/mol. The van der Waals surface area contributed by atoms with Crippen LogP contribution in [0.5, 0.6) is 0 Å². The molecule has 0 bridgehead atoms. The van der Waals surface area contributed by atoms with Crippen molar-refractivity contribution in [3.8, 4) is 0 Å². The smallest absolute Gasteiger partial charge is 0.307 e. The number of hydrogen-bond donors (Lipinski definition) is 1. The highest BCUT2D eigenvalue weighted by molar-refractivity contribution is 5.70. The average molecular weight is 297 g/mol. The van der Waals surface area contributed by atoms with Gasteiger partial charge in [0.2, 0.25) is 0 Å². The molecule has 0 spiro atoms. The number of rotatable bonds is 6. The largest absolute Gasteiger partial charge is 0.466 e. The first kappa shape index (κ1) is 16.2. The summed E-state index contributed by atoms with van der Waals surface area (Å²) in [6.07, 6.45) is 1.08. The molecule has 0 aliphatic heterocycles. The van der Waals surface area contributed by atoms with Crippen molar-refractivity contribution in [2.24, 2.45) is 5.73 Å². The molecule has 0 fully saturated rings. The summed E-state index contributed by atoms with van der Waals surface area (Å²) in [5.41, 5.74) is 10.9. The molecule has 0 amide bonds. The summed E-state index contributed by atoms with van der Waals surface area (Å²) in [7, 11) is 0. The molecule has 0 unspecified atom stereocenters. The summed E-state index contributed by atoms with van der Waals surface area (Å²) in [6, 6.07) is 16.2. The van der Waals surface area contributed by atoms with Crippen LogP contribution in [-0.4, -0.2) is 12.6 Å². The van der Waals surface area contributed by atoms with Crippen molar-refractivity contribution in [1.82, 2.24) is 0 Å². The van der Waals surface area contributed by atoms with Gasteiger partial charge in [0.15, 0.2) is 0 Å². The molecule has 0 aliphatic carbocycles. The molecule has 1 atom stereocenters. The standard InChI is InChI=1S/C19H23NO2/c1-3-22-19(21)13-18(20)17-10-6-8-15(12-17)11-16-9-5-4-7-14(16)2/h4-10,12,18H,3,11,13,20H2,1-2H3/t18-/m0/s1. The van der Waals surface area contributed by atoms with Crippen LogP contribution in [0.2, 0.25) is 0 Å². The molecule has 0 saturated heterocycles. The van der Waals surface area contributed by atoms with Crippen molar-refractivity contribution in [3.05, 3.63) is 70.8 Å². The minimum atomic E-state index is -0.323. The van der Waals surface area contributed by atoms with Gasteiger partial charge >= 0.3 is 5.97 Å². The summed E-state index contributed by atoms with van der Waals surface area (Å²) in [5, 5.41) is 0. The van der Waals surface area contributed by atoms with Crippen LogP contribution >= 0.6 is 0 Å². The molecule has 2 N–H and O–H groups in total. The Balaban J connectivity index is 2.09. The monoisotopic (exact) mass is 297 g/mol. The van der Waals surface area contributed by atoms with Crippen LogP contribution < -0.4 is 5.73 Å². The Hall–Kier alpha value is -2.13. The molecule has 0 aliphatic rings. The fourth-order valence-corrected chi connectivity index (χ4v) is 2.48. The number of aryl methyl sites for hydroxylation is 1. The molecule has 0 radical (unpaired) electrons. The molecule has 2 rings (SSSR count). The number of esters is 1. The molecule has 2 aromatic carbocycles. The zero-order valence-electron chi connectivity index (χ0n) is 13.2. The van der Waals surface area contributed by atoms with Gasteiger partial charge in [0.25, 0.3) is 0 Å². The van der Waals surface area contributed by atoms with Gasteiger partial charge in [0.05, 0.1) is 13.0 Å². The van der Waals surface area contributed by atoms with E-state index in [1.54, 1.807) is 6.92 Å². The number of carbonyl (C=O) groups excluding carboxylic acids is 1. The molecule has 0 heterocycles. The van der Waals surface area contributed by atoms with Crippen LogP contribution in [-0.2, 0) is 16.0 Å². The molecular weight excluding hydrogens is 274 g/mol.